The van der Waals surface area contributed by atoms with Gasteiger partial charge in [0.15, 0.2) is 0 Å². The number of nitrogens with zero attached hydrogens (tertiary/aromatic N) is 1. The van der Waals surface area contributed by atoms with Crippen LogP contribution in [-0.2, 0) is 11.2 Å². The van der Waals surface area contributed by atoms with Crippen molar-refractivity contribution in [3.63, 3.8) is 0 Å². The molecule has 0 saturated carbocycles. The van der Waals surface area contributed by atoms with E-state index in [-0.39, 0.29) is 12.2 Å². The molecule has 2 rings (SSSR count). The highest BCUT2D eigenvalue weighted by Gasteiger charge is 2.29. The summed E-state index contributed by atoms with van der Waals surface area (Å²) in [5.74, 6) is 0. The first-order valence-corrected chi connectivity index (χ1v) is 5.31. The molecule has 1 aromatic rings. The Bertz CT molecular complexity index is 331. The van der Waals surface area contributed by atoms with Gasteiger partial charge in [0.1, 0.15) is 6.29 Å². The summed E-state index contributed by atoms with van der Waals surface area (Å²) in [5.41, 5.74) is 1.21. The molecule has 0 bridgehead atoms. The molecule has 80 valence electrons. The van der Waals surface area contributed by atoms with Gasteiger partial charge in [-0.1, -0.05) is 30.3 Å². The lowest BCUT2D eigenvalue weighted by atomic mass is 10.1. The predicted octanol–water partition coefficient (Wildman–Crippen LogP) is 1.18. The number of nitrogens with one attached hydrogen (secondary N) is 1. The van der Waals surface area contributed by atoms with Gasteiger partial charge in [-0.05, 0) is 17.3 Å². The van der Waals surface area contributed by atoms with Crippen molar-refractivity contribution in [2.45, 2.75) is 18.6 Å². The van der Waals surface area contributed by atoms with E-state index in [2.05, 4.69) is 17.4 Å². The summed E-state index contributed by atoms with van der Waals surface area (Å²) < 4.78 is 1.66. The number of carbonyl (C=O) groups is 1. The molecular weight excluding hydrogens is 212 g/mol. The monoisotopic (exact) mass is 224 g/mol. The molecule has 0 radical (unpaired) electrons. The van der Waals surface area contributed by atoms with Crippen molar-refractivity contribution < 1.29 is 4.79 Å². The molecule has 1 heterocycles. The Morgan fingerprint density at radius 3 is 2.80 bits per heavy atom. The van der Waals surface area contributed by atoms with Gasteiger partial charge >= 0.3 is 0 Å². The Morgan fingerprint density at radius 2 is 2.20 bits per heavy atom. The molecular formula is C11H13ClN2O. The van der Waals surface area contributed by atoms with Crippen LogP contribution in [0.2, 0.25) is 0 Å². The van der Waals surface area contributed by atoms with Gasteiger partial charge in [0, 0.05) is 13.0 Å². The van der Waals surface area contributed by atoms with Gasteiger partial charge in [-0.15, -0.1) is 0 Å². The van der Waals surface area contributed by atoms with Crippen molar-refractivity contribution in [3.8, 4) is 0 Å². The highest BCUT2D eigenvalue weighted by Crippen LogP contribution is 2.15. The van der Waals surface area contributed by atoms with E-state index in [4.69, 9.17) is 11.8 Å². The summed E-state index contributed by atoms with van der Waals surface area (Å²) in [6, 6.07) is 9.95. The van der Waals surface area contributed by atoms with Gasteiger partial charge in [0.05, 0.1) is 12.2 Å². The van der Waals surface area contributed by atoms with E-state index in [0.717, 1.165) is 12.7 Å². The van der Waals surface area contributed by atoms with E-state index < -0.39 is 0 Å². The van der Waals surface area contributed by atoms with Crippen molar-refractivity contribution in [2.24, 2.45) is 0 Å². The van der Waals surface area contributed by atoms with Crippen LogP contribution in [0, 0.1) is 0 Å². The van der Waals surface area contributed by atoms with Gasteiger partial charge in [-0.3, -0.25) is 5.32 Å². The summed E-state index contributed by atoms with van der Waals surface area (Å²) in [4.78, 5) is 10.6. The van der Waals surface area contributed by atoms with Crippen LogP contribution >= 0.6 is 11.8 Å². The second-order valence-electron chi connectivity index (χ2n) is 3.70. The average molecular weight is 225 g/mol. The number of aldehydes is 1. The van der Waals surface area contributed by atoms with Gasteiger partial charge in [-0.25, -0.2) is 4.42 Å². The number of hydrogen-bond acceptors (Lipinski definition) is 3. The molecule has 0 amide bonds. The van der Waals surface area contributed by atoms with E-state index >= 15 is 0 Å². The Balaban J connectivity index is 1.98. The molecule has 1 N–H and O–H groups in total. The summed E-state index contributed by atoms with van der Waals surface area (Å²) in [7, 11) is 0. The van der Waals surface area contributed by atoms with Gasteiger partial charge in [0.25, 0.3) is 0 Å². The van der Waals surface area contributed by atoms with Gasteiger partial charge in [-0.2, -0.15) is 0 Å². The zero-order chi connectivity index (χ0) is 10.7. The van der Waals surface area contributed by atoms with Crippen molar-refractivity contribution in [3.05, 3.63) is 35.9 Å². The highest BCUT2D eigenvalue weighted by molar-refractivity contribution is 6.13. The minimum absolute atomic E-state index is 0.0456. The maximum absolute atomic E-state index is 10.6. The molecule has 2 atom stereocenters. The first-order valence-electron chi connectivity index (χ1n) is 4.97. The van der Waals surface area contributed by atoms with Crippen molar-refractivity contribution >= 4 is 18.1 Å². The van der Waals surface area contributed by atoms with Crippen molar-refractivity contribution in [1.29, 1.82) is 0 Å². The molecule has 15 heavy (non-hydrogen) atoms. The number of halogens is 1. The molecule has 0 aromatic heterocycles. The maximum Gasteiger partial charge on any atom is 0.138 e. The topological polar surface area (TPSA) is 32.3 Å². The molecule has 3 nitrogen and oxygen atoms in total. The minimum Gasteiger partial charge on any atom is -0.302 e. The molecule has 4 heteroatoms. The zero-order valence-electron chi connectivity index (χ0n) is 8.27. The summed E-state index contributed by atoms with van der Waals surface area (Å²) in [6.07, 6.45) is 1.76. The van der Waals surface area contributed by atoms with E-state index in [1.165, 1.54) is 5.56 Å². The Morgan fingerprint density at radius 1 is 1.47 bits per heavy atom. The van der Waals surface area contributed by atoms with Crippen LogP contribution in [0.15, 0.2) is 30.3 Å². The van der Waals surface area contributed by atoms with Crippen LogP contribution in [-0.4, -0.2) is 29.5 Å². The second-order valence-corrected chi connectivity index (χ2v) is 4.13. The van der Waals surface area contributed by atoms with Crippen LogP contribution in [0.25, 0.3) is 0 Å². The van der Waals surface area contributed by atoms with E-state index in [9.17, 15) is 4.79 Å². The highest BCUT2D eigenvalue weighted by atomic mass is 35.5. The summed E-state index contributed by atoms with van der Waals surface area (Å²) >= 11 is 6.01. The van der Waals surface area contributed by atoms with E-state index in [0.29, 0.717) is 6.54 Å². The van der Waals surface area contributed by atoms with Crippen LogP contribution in [0.5, 0.6) is 0 Å². The fourth-order valence-electron chi connectivity index (χ4n) is 1.77. The van der Waals surface area contributed by atoms with Crippen LogP contribution in [0.3, 0.4) is 0 Å². The van der Waals surface area contributed by atoms with Crippen LogP contribution < -0.4 is 5.32 Å². The lowest BCUT2D eigenvalue weighted by Gasteiger charge is -2.16. The number of carbonyl (C=O) groups excluding carboxylic acids is 1. The quantitative estimate of drug-likeness (QED) is 0.618. The van der Waals surface area contributed by atoms with Crippen molar-refractivity contribution in [2.75, 3.05) is 6.54 Å². The molecule has 0 aliphatic carbocycles. The minimum atomic E-state index is -0.142. The van der Waals surface area contributed by atoms with Crippen molar-refractivity contribution in [1.82, 2.24) is 9.74 Å². The maximum atomic E-state index is 10.6. The standard InChI is InChI=1S/C11H13ClN2O/c12-14-7-10(8-15)13-11(14)6-9-4-2-1-3-5-9/h1-5,8,10-11,13H,6-7H2. The molecule has 2 unspecified atom stereocenters. The lowest BCUT2D eigenvalue weighted by molar-refractivity contribution is -0.109. The molecule has 1 fully saturated rings. The van der Waals surface area contributed by atoms with Gasteiger partial charge in [0.2, 0.25) is 0 Å². The average Bonchev–Trinajstić information content (AvgIpc) is 2.61. The van der Waals surface area contributed by atoms with Crippen LogP contribution in [0.4, 0.5) is 0 Å². The molecule has 1 aromatic carbocycles. The Labute approximate surface area is 94.1 Å². The van der Waals surface area contributed by atoms with Gasteiger partial charge < -0.3 is 4.79 Å². The first kappa shape index (κ1) is 10.6. The molecule has 1 aliphatic heterocycles. The molecule has 0 spiro atoms. The largest absolute Gasteiger partial charge is 0.302 e. The SMILES string of the molecule is O=CC1CN(Cl)C(Cc2ccccc2)N1. The van der Waals surface area contributed by atoms with E-state index in [1.807, 2.05) is 18.2 Å². The first-order chi connectivity index (χ1) is 7.29. The Kier molecular flexibility index (Phi) is 3.36. The summed E-state index contributed by atoms with van der Waals surface area (Å²) in [5, 5.41) is 3.16. The number of rotatable bonds is 3. The third-order valence-corrected chi connectivity index (χ3v) is 2.93. The zero-order valence-corrected chi connectivity index (χ0v) is 9.02. The smallest absolute Gasteiger partial charge is 0.138 e. The summed E-state index contributed by atoms with van der Waals surface area (Å²) in [6.45, 7) is 0.572. The third kappa shape index (κ3) is 2.56. The molecule has 1 saturated heterocycles. The lowest BCUT2D eigenvalue weighted by Crippen LogP contribution is -2.35. The second kappa shape index (κ2) is 4.75. The fraction of sp³-hybridized carbons (Fsp3) is 0.364. The predicted molar refractivity (Wildman–Crippen MR) is 59.5 cm³/mol. The normalized spacial score (nSPS) is 26.7. The number of hydrogen-bond donors (Lipinski definition) is 1. The Hall–Kier alpha value is -0.900. The number of benzene rings is 1. The fourth-order valence-corrected chi connectivity index (χ4v) is 2.05. The van der Waals surface area contributed by atoms with E-state index in [1.54, 1.807) is 4.42 Å². The van der Waals surface area contributed by atoms with Crippen LogP contribution in [0.1, 0.15) is 5.56 Å². The molecule has 1 aliphatic rings. The third-order valence-electron chi connectivity index (χ3n) is 2.55.